The van der Waals surface area contributed by atoms with Crippen molar-refractivity contribution in [3.8, 4) is 21.8 Å². The Morgan fingerprint density at radius 1 is 1.23 bits per heavy atom. The SMILES string of the molecule is Cc1nc(-c2cn[nH]c2C(=O)NC2CCn3cc(-c4ccccc4)nc3C2)sc1C. The molecular formula is C22H22N6OS. The lowest BCUT2D eigenvalue weighted by molar-refractivity contribution is 0.0926. The number of nitrogens with zero attached hydrogens (tertiary/aromatic N) is 4. The number of aromatic amines is 1. The number of rotatable bonds is 4. The van der Waals surface area contributed by atoms with Crippen molar-refractivity contribution in [1.82, 2.24) is 30.0 Å². The molecule has 4 heterocycles. The molecule has 1 aromatic carbocycles. The van der Waals surface area contributed by atoms with Gasteiger partial charge in [-0.25, -0.2) is 9.97 Å². The van der Waals surface area contributed by atoms with Crippen molar-refractivity contribution < 1.29 is 4.79 Å². The van der Waals surface area contributed by atoms with Crippen LogP contribution in [0.25, 0.3) is 21.8 Å². The van der Waals surface area contributed by atoms with E-state index in [1.807, 2.05) is 32.0 Å². The molecule has 7 nitrogen and oxygen atoms in total. The minimum absolute atomic E-state index is 0.0342. The molecule has 0 bridgehead atoms. The summed E-state index contributed by atoms with van der Waals surface area (Å²) in [5, 5.41) is 10.9. The number of carbonyl (C=O) groups is 1. The smallest absolute Gasteiger partial charge is 0.270 e. The van der Waals surface area contributed by atoms with Gasteiger partial charge in [0.15, 0.2) is 0 Å². The number of aryl methyl sites for hydroxylation is 3. The predicted octanol–water partition coefficient (Wildman–Crippen LogP) is 3.76. The Kier molecular flexibility index (Phi) is 4.71. The number of aromatic nitrogens is 5. The normalized spacial score (nSPS) is 15.7. The number of fused-ring (bicyclic) bond motifs is 1. The molecule has 3 aromatic heterocycles. The van der Waals surface area contributed by atoms with Gasteiger partial charge < -0.3 is 9.88 Å². The summed E-state index contributed by atoms with van der Waals surface area (Å²) < 4.78 is 2.19. The van der Waals surface area contributed by atoms with E-state index in [4.69, 9.17) is 4.98 Å². The van der Waals surface area contributed by atoms with E-state index in [-0.39, 0.29) is 11.9 Å². The highest BCUT2D eigenvalue weighted by Crippen LogP contribution is 2.29. The van der Waals surface area contributed by atoms with Crippen LogP contribution in [0.4, 0.5) is 0 Å². The molecule has 5 rings (SSSR count). The van der Waals surface area contributed by atoms with Crippen LogP contribution in [0.3, 0.4) is 0 Å². The van der Waals surface area contributed by atoms with Crippen LogP contribution in [-0.2, 0) is 13.0 Å². The van der Waals surface area contributed by atoms with Gasteiger partial charge in [-0.3, -0.25) is 9.89 Å². The minimum atomic E-state index is -0.152. The summed E-state index contributed by atoms with van der Waals surface area (Å²) >= 11 is 1.58. The zero-order chi connectivity index (χ0) is 20.7. The number of carbonyl (C=O) groups excluding carboxylic acids is 1. The van der Waals surface area contributed by atoms with Crippen LogP contribution in [0, 0.1) is 13.8 Å². The van der Waals surface area contributed by atoms with Crippen molar-refractivity contribution in [2.45, 2.75) is 39.3 Å². The Hall–Kier alpha value is -3.26. The highest BCUT2D eigenvalue weighted by molar-refractivity contribution is 7.15. The summed E-state index contributed by atoms with van der Waals surface area (Å²) in [5.41, 5.74) is 4.27. The molecule has 1 aliphatic rings. The van der Waals surface area contributed by atoms with Crippen molar-refractivity contribution in [3.05, 3.63) is 64.8 Å². The highest BCUT2D eigenvalue weighted by atomic mass is 32.1. The molecule has 4 aromatic rings. The minimum Gasteiger partial charge on any atom is -0.347 e. The van der Waals surface area contributed by atoms with Gasteiger partial charge in [-0.15, -0.1) is 11.3 Å². The van der Waals surface area contributed by atoms with Gasteiger partial charge in [0, 0.05) is 35.6 Å². The fourth-order valence-corrected chi connectivity index (χ4v) is 4.70. The van der Waals surface area contributed by atoms with Crippen LogP contribution < -0.4 is 5.32 Å². The summed E-state index contributed by atoms with van der Waals surface area (Å²) in [5.74, 6) is 0.850. The number of amides is 1. The average molecular weight is 419 g/mol. The first kappa shape index (κ1) is 18.7. The van der Waals surface area contributed by atoms with E-state index in [9.17, 15) is 4.79 Å². The maximum absolute atomic E-state index is 13.0. The van der Waals surface area contributed by atoms with E-state index < -0.39 is 0 Å². The second kappa shape index (κ2) is 7.53. The molecule has 1 aliphatic heterocycles. The van der Waals surface area contributed by atoms with Crippen molar-refractivity contribution in [2.75, 3.05) is 0 Å². The number of thiazole rings is 1. The monoisotopic (exact) mass is 418 g/mol. The van der Waals surface area contributed by atoms with E-state index in [0.29, 0.717) is 12.1 Å². The van der Waals surface area contributed by atoms with Crippen molar-refractivity contribution in [1.29, 1.82) is 0 Å². The second-order valence-electron chi connectivity index (χ2n) is 7.58. The third-order valence-corrected chi connectivity index (χ3v) is 6.64. The molecule has 152 valence electrons. The van der Waals surface area contributed by atoms with E-state index in [0.717, 1.165) is 51.2 Å². The molecule has 2 N–H and O–H groups in total. The molecular weight excluding hydrogens is 396 g/mol. The third-order valence-electron chi connectivity index (χ3n) is 5.54. The number of hydrogen-bond acceptors (Lipinski definition) is 5. The Balaban J connectivity index is 1.32. The van der Waals surface area contributed by atoms with E-state index in [1.54, 1.807) is 17.5 Å². The number of imidazole rings is 1. The maximum Gasteiger partial charge on any atom is 0.270 e. The zero-order valence-corrected chi connectivity index (χ0v) is 17.7. The zero-order valence-electron chi connectivity index (χ0n) is 16.8. The number of nitrogens with one attached hydrogen (secondary N) is 2. The summed E-state index contributed by atoms with van der Waals surface area (Å²) in [6.45, 7) is 4.84. The fraction of sp³-hybridized carbons (Fsp3) is 0.273. The first-order valence-corrected chi connectivity index (χ1v) is 10.8. The van der Waals surface area contributed by atoms with Gasteiger partial charge in [0.1, 0.15) is 16.5 Å². The average Bonchev–Trinajstić information content (AvgIpc) is 3.47. The van der Waals surface area contributed by atoms with Gasteiger partial charge in [0.2, 0.25) is 0 Å². The molecule has 0 spiro atoms. The van der Waals surface area contributed by atoms with Gasteiger partial charge in [-0.05, 0) is 20.3 Å². The Bertz CT molecular complexity index is 1190. The van der Waals surface area contributed by atoms with Crippen LogP contribution in [0.1, 0.15) is 33.3 Å². The number of hydrogen-bond donors (Lipinski definition) is 2. The summed E-state index contributed by atoms with van der Waals surface area (Å²) in [4.78, 5) is 23.5. The summed E-state index contributed by atoms with van der Waals surface area (Å²) in [7, 11) is 0. The molecule has 0 saturated heterocycles. The Labute approximate surface area is 178 Å². The summed E-state index contributed by atoms with van der Waals surface area (Å²) in [6, 6.07) is 10.2. The van der Waals surface area contributed by atoms with Crippen LogP contribution in [0.15, 0.2) is 42.7 Å². The molecule has 0 radical (unpaired) electrons. The van der Waals surface area contributed by atoms with Crippen LogP contribution >= 0.6 is 11.3 Å². The molecule has 8 heteroatoms. The Morgan fingerprint density at radius 3 is 2.83 bits per heavy atom. The van der Waals surface area contributed by atoms with Crippen LogP contribution in [0.2, 0.25) is 0 Å². The predicted molar refractivity (Wildman–Crippen MR) is 116 cm³/mol. The first-order chi connectivity index (χ1) is 14.6. The maximum atomic E-state index is 13.0. The molecule has 30 heavy (non-hydrogen) atoms. The fourth-order valence-electron chi connectivity index (χ4n) is 3.77. The number of benzene rings is 1. The van der Waals surface area contributed by atoms with E-state index in [1.165, 1.54) is 0 Å². The third kappa shape index (κ3) is 3.43. The lowest BCUT2D eigenvalue weighted by Crippen LogP contribution is -2.40. The standard InChI is InChI=1S/C22H22N6OS/c1-13-14(2)30-22(24-13)17-11-23-27-20(17)21(29)25-16-8-9-28-12-18(26-19(28)10-16)15-6-4-3-5-7-15/h3-7,11-12,16H,8-10H2,1-2H3,(H,23,27)(H,25,29). The molecule has 1 unspecified atom stereocenters. The molecule has 0 saturated carbocycles. The van der Waals surface area contributed by atoms with Crippen molar-refractivity contribution in [2.24, 2.45) is 0 Å². The van der Waals surface area contributed by atoms with Crippen LogP contribution in [0.5, 0.6) is 0 Å². The quantitative estimate of drug-likeness (QED) is 0.528. The summed E-state index contributed by atoms with van der Waals surface area (Å²) in [6.07, 6.45) is 5.34. The second-order valence-corrected chi connectivity index (χ2v) is 8.79. The van der Waals surface area contributed by atoms with Crippen molar-refractivity contribution >= 4 is 17.2 Å². The molecule has 1 amide bonds. The first-order valence-electron chi connectivity index (χ1n) is 9.98. The highest BCUT2D eigenvalue weighted by Gasteiger charge is 2.25. The lowest BCUT2D eigenvalue weighted by atomic mass is 10.1. The molecule has 1 atom stereocenters. The van der Waals surface area contributed by atoms with Gasteiger partial charge in [-0.2, -0.15) is 5.10 Å². The Morgan fingerprint density at radius 2 is 2.07 bits per heavy atom. The lowest BCUT2D eigenvalue weighted by Gasteiger charge is -2.24. The van der Waals surface area contributed by atoms with Gasteiger partial charge in [-0.1, -0.05) is 30.3 Å². The topological polar surface area (TPSA) is 88.5 Å². The largest absolute Gasteiger partial charge is 0.347 e. The van der Waals surface area contributed by atoms with Gasteiger partial charge in [0.05, 0.1) is 23.1 Å². The van der Waals surface area contributed by atoms with Gasteiger partial charge in [0.25, 0.3) is 5.91 Å². The molecule has 0 fully saturated rings. The van der Waals surface area contributed by atoms with Crippen LogP contribution in [-0.4, -0.2) is 36.7 Å². The van der Waals surface area contributed by atoms with Crippen molar-refractivity contribution in [3.63, 3.8) is 0 Å². The van der Waals surface area contributed by atoms with E-state index >= 15 is 0 Å². The van der Waals surface area contributed by atoms with E-state index in [2.05, 4.69) is 43.4 Å². The van der Waals surface area contributed by atoms with Gasteiger partial charge >= 0.3 is 0 Å². The molecule has 0 aliphatic carbocycles. The number of H-pyrrole nitrogens is 1.